The highest BCUT2D eigenvalue weighted by atomic mass is 79.9. The van der Waals surface area contributed by atoms with Crippen molar-refractivity contribution < 1.29 is 19.4 Å². The second-order valence-corrected chi connectivity index (χ2v) is 5.08. The van der Waals surface area contributed by atoms with E-state index in [0.717, 1.165) is 21.2 Å². The van der Waals surface area contributed by atoms with E-state index >= 15 is 0 Å². The Kier molecular flexibility index (Phi) is 5.38. The van der Waals surface area contributed by atoms with E-state index in [1.54, 1.807) is 6.92 Å². The topological polar surface area (TPSA) is 55.8 Å². The summed E-state index contributed by atoms with van der Waals surface area (Å²) in [5.74, 6) is -0.141. The van der Waals surface area contributed by atoms with Crippen molar-refractivity contribution in [1.29, 1.82) is 0 Å². The largest absolute Gasteiger partial charge is 0.496 e. The summed E-state index contributed by atoms with van der Waals surface area (Å²) in [5, 5.41) is 10.2. The number of aliphatic hydroxyl groups excluding tert-OH is 1. The third kappa shape index (κ3) is 2.92. The fourth-order valence-electron chi connectivity index (χ4n) is 2.04. The normalized spacial score (nSPS) is 12.2. The summed E-state index contributed by atoms with van der Waals surface area (Å²) in [7, 11) is 1.52. The maximum atomic E-state index is 11.7. The van der Waals surface area contributed by atoms with Gasteiger partial charge in [0.2, 0.25) is 0 Å². The van der Waals surface area contributed by atoms with Crippen molar-refractivity contribution >= 4 is 21.9 Å². The van der Waals surface area contributed by atoms with Crippen LogP contribution in [0.5, 0.6) is 5.75 Å². The van der Waals surface area contributed by atoms with Crippen LogP contribution in [0, 0.1) is 20.8 Å². The molecule has 1 unspecified atom stereocenters. The number of aliphatic hydroxyl groups is 1. The number of carbonyl (C=O) groups is 1. The maximum Gasteiger partial charge on any atom is 0.339 e. The molecule has 0 aromatic heterocycles. The number of halogens is 1. The number of hydrogen-bond donors (Lipinski definition) is 1. The van der Waals surface area contributed by atoms with Gasteiger partial charge in [-0.15, -0.1) is 0 Å². The molecule has 0 amide bonds. The molecule has 0 spiro atoms. The van der Waals surface area contributed by atoms with Crippen LogP contribution >= 0.6 is 15.9 Å². The lowest BCUT2D eigenvalue weighted by atomic mass is 9.95. The van der Waals surface area contributed by atoms with Crippen LogP contribution in [0.15, 0.2) is 4.47 Å². The molecule has 0 fully saturated rings. The third-order valence-corrected chi connectivity index (χ3v) is 4.39. The lowest BCUT2D eigenvalue weighted by Crippen LogP contribution is -2.18. The van der Waals surface area contributed by atoms with Gasteiger partial charge in [0.25, 0.3) is 0 Å². The Balaban J connectivity index is 3.45. The van der Waals surface area contributed by atoms with Gasteiger partial charge in [-0.25, -0.2) is 4.79 Å². The van der Waals surface area contributed by atoms with Gasteiger partial charge in [-0.2, -0.15) is 0 Å². The molecule has 19 heavy (non-hydrogen) atoms. The predicted octanol–water partition coefficient (Wildman–Crippen LogP) is 2.98. The number of hydrogen-bond acceptors (Lipinski definition) is 4. The maximum absolute atomic E-state index is 11.7. The highest BCUT2D eigenvalue weighted by Gasteiger charge is 2.28. The van der Waals surface area contributed by atoms with E-state index in [1.807, 2.05) is 20.8 Å². The smallest absolute Gasteiger partial charge is 0.339 e. The van der Waals surface area contributed by atoms with Crippen LogP contribution in [0.4, 0.5) is 0 Å². The molecule has 0 aliphatic heterocycles. The predicted molar refractivity (Wildman–Crippen MR) is 76.5 cm³/mol. The molecule has 0 aliphatic carbocycles. The second-order valence-electron chi connectivity index (χ2n) is 4.29. The molecule has 0 saturated heterocycles. The zero-order chi connectivity index (χ0) is 14.7. The summed E-state index contributed by atoms with van der Waals surface area (Å²) in [6.45, 7) is 7.60. The minimum atomic E-state index is -1.34. The Morgan fingerprint density at radius 1 is 1.26 bits per heavy atom. The van der Waals surface area contributed by atoms with Gasteiger partial charge in [0, 0.05) is 10.0 Å². The van der Waals surface area contributed by atoms with Crippen LogP contribution in [0.3, 0.4) is 0 Å². The molecule has 4 nitrogen and oxygen atoms in total. The van der Waals surface area contributed by atoms with Crippen molar-refractivity contribution in [2.24, 2.45) is 0 Å². The summed E-state index contributed by atoms with van der Waals surface area (Å²) >= 11 is 3.48. The van der Waals surface area contributed by atoms with Crippen molar-refractivity contribution in [3.8, 4) is 5.75 Å². The van der Waals surface area contributed by atoms with Crippen LogP contribution in [0.2, 0.25) is 0 Å². The molecule has 1 atom stereocenters. The summed E-state index contributed by atoms with van der Waals surface area (Å²) in [4.78, 5) is 11.7. The Morgan fingerprint density at radius 2 is 1.84 bits per heavy atom. The molecule has 1 N–H and O–H groups in total. The van der Waals surface area contributed by atoms with Crippen molar-refractivity contribution in [1.82, 2.24) is 0 Å². The Labute approximate surface area is 121 Å². The van der Waals surface area contributed by atoms with Gasteiger partial charge in [0.05, 0.1) is 13.7 Å². The van der Waals surface area contributed by atoms with Gasteiger partial charge in [0.1, 0.15) is 5.75 Å². The van der Waals surface area contributed by atoms with E-state index < -0.39 is 12.1 Å². The molecule has 1 rings (SSSR count). The summed E-state index contributed by atoms with van der Waals surface area (Å²) in [6, 6.07) is 0. The first kappa shape index (κ1) is 16.0. The van der Waals surface area contributed by atoms with Gasteiger partial charge in [-0.05, 0) is 44.4 Å². The van der Waals surface area contributed by atoms with Gasteiger partial charge in [-0.1, -0.05) is 15.9 Å². The molecule has 106 valence electrons. The van der Waals surface area contributed by atoms with Gasteiger partial charge < -0.3 is 14.6 Å². The standard InChI is InChI=1S/C14H19BrO4/c1-6-19-14(17)12(16)10-9(4)11(15)7(2)8(3)13(10)18-5/h12,16H,6H2,1-5H3. The second kappa shape index (κ2) is 6.39. The van der Waals surface area contributed by atoms with Crippen LogP contribution < -0.4 is 4.74 Å². The first-order chi connectivity index (χ1) is 8.86. The van der Waals surface area contributed by atoms with Gasteiger partial charge in [-0.3, -0.25) is 0 Å². The molecule has 0 heterocycles. The van der Waals surface area contributed by atoms with Crippen molar-refractivity contribution in [3.63, 3.8) is 0 Å². The van der Waals surface area contributed by atoms with E-state index in [0.29, 0.717) is 11.3 Å². The molecule has 1 aromatic rings. The van der Waals surface area contributed by atoms with Crippen LogP contribution in [-0.2, 0) is 9.53 Å². The van der Waals surface area contributed by atoms with Crippen LogP contribution in [0.25, 0.3) is 0 Å². The molecule has 0 radical (unpaired) electrons. The number of esters is 1. The number of benzene rings is 1. The minimum absolute atomic E-state index is 0.225. The average Bonchev–Trinajstić information content (AvgIpc) is 2.39. The number of ether oxygens (including phenoxy) is 2. The average molecular weight is 331 g/mol. The lowest BCUT2D eigenvalue weighted by molar-refractivity contribution is -0.153. The Hall–Kier alpha value is -1.07. The monoisotopic (exact) mass is 330 g/mol. The summed E-state index contributed by atoms with van der Waals surface area (Å²) in [5.41, 5.74) is 3.14. The molecular weight excluding hydrogens is 312 g/mol. The third-order valence-electron chi connectivity index (χ3n) is 3.20. The number of methoxy groups -OCH3 is 1. The fourth-order valence-corrected chi connectivity index (χ4v) is 2.55. The highest BCUT2D eigenvalue weighted by Crippen LogP contribution is 2.39. The quantitative estimate of drug-likeness (QED) is 0.862. The molecule has 5 heteroatoms. The first-order valence-electron chi connectivity index (χ1n) is 6.04. The highest BCUT2D eigenvalue weighted by molar-refractivity contribution is 9.10. The van der Waals surface area contributed by atoms with Crippen molar-refractivity contribution in [2.75, 3.05) is 13.7 Å². The van der Waals surface area contributed by atoms with Crippen molar-refractivity contribution in [3.05, 3.63) is 26.7 Å². The lowest BCUT2D eigenvalue weighted by Gasteiger charge is -2.21. The van der Waals surface area contributed by atoms with Crippen LogP contribution in [0.1, 0.15) is 35.3 Å². The molecule has 0 saturated carbocycles. The summed E-state index contributed by atoms with van der Waals surface area (Å²) in [6.07, 6.45) is -1.34. The van der Waals surface area contributed by atoms with Crippen molar-refractivity contribution in [2.45, 2.75) is 33.8 Å². The number of rotatable bonds is 4. The fraction of sp³-hybridized carbons (Fsp3) is 0.500. The van der Waals surface area contributed by atoms with E-state index in [9.17, 15) is 9.90 Å². The molecule has 1 aromatic carbocycles. The van der Waals surface area contributed by atoms with Gasteiger partial charge in [0.15, 0.2) is 6.10 Å². The zero-order valence-electron chi connectivity index (χ0n) is 11.8. The van der Waals surface area contributed by atoms with Crippen LogP contribution in [-0.4, -0.2) is 24.8 Å². The first-order valence-corrected chi connectivity index (χ1v) is 6.83. The van der Waals surface area contributed by atoms with E-state index in [4.69, 9.17) is 9.47 Å². The van der Waals surface area contributed by atoms with E-state index in [1.165, 1.54) is 7.11 Å². The number of carbonyl (C=O) groups excluding carboxylic acids is 1. The Morgan fingerprint density at radius 3 is 2.32 bits per heavy atom. The zero-order valence-corrected chi connectivity index (χ0v) is 13.4. The SMILES string of the molecule is CCOC(=O)C(O)c1c(C)c(Br)c(C)c(C)c1OC. The minimum Gasteiger partial charge on any atom is -0.496 e. The summed E-state index contributed by atoms with van der Waals surface area (Å²) < 4.78 is 11.1. The Bertz CT molecular complexity index is 497. The molecule has 0 bridgehead atoms. The van der Waals surface area contributed by atoms with E-state index in [-0.39, 0.29) is 6.61 Å². The van der Waals surface area contributed by atoms with Gasteiger partial charge >= 0.3 is 5.97 Å². The molecule has 0 aliphatic rings. The molecular formula is C14H19BrO4. The van der Waals surface area contributed by atoms with E-state index in [2.05, 4.69) is 15.9 Å².